The summed E-state index contributed by atoms with van der Waals surface area (Å²) in [5.74, 6) is 0.636. The van der Waals surface area contributed by atoms with Gasteiger partial charge in [0.2, 0.25) is 0 Å². The number of methoxy groups -OCH3 is 1. The second kappa shape index (κ2) is 5.50. The van der Waals surface area contributed by atoms with Crippen LogP contribution in [0.3, 0.4) is 0 Å². The predicted molar refractivity (Wildman–Crippen MR) is 66.6 cm³/mol. The van der Waals surface area contributed by atoms with Crippen molar-refractivity contribution in [2.24, 2.45) is 11.7 Å². The predicted octanol–water partition coefficient (Wildman–Crippen LogP) is 2.89. The minimum Gasteiger partial charge on any atom is -0.494 e. The Balaban J connectivity index is 2.07. The summed E-state index contributed by atoms with van der Waals surface area (Å²) < 4.78 is 19.0. The highest BCUT2D eigenvalue weighted by Gasteiger charge is 2.21. The fraction of sp³-hybridized carbons (Fsp3) is 0.571. The Bertz CT molecular complexity index is 380. The van der Waals surface area contributed by atoms with Crippen LogP contribution in [0, 0.1) is 11.7 Å². The first-order valence-electron chi connectivity index (χ1n) is 6.27. The molecule has 3 heteroatoms. The van der Waals surface area contributed by atoms with Crippen molar-refractivity contribution in [2.75, 3.05) is 7.11 Å². The largest absolute Gasteiger partial charge is 0.494 e. The summed E-state index contributed by atoms with van der Waals surface area (Å²) in [5, 5.41) is 0. The molecule has 2 atom stereocenters. The third-order valence-electron chi connectivity index (χ3n) is 3.60. The summed E-state index contributed by atoms with van der Waals surface area (Å²) >= 11 is 0. The first kappa shape index (κ1) is 12.4. The Labute approximate surface area is 102 Å². The van der Waals surface area contributed by atoms with E-state index in [-0.39, 0.29) is 5.82 Å². The van der Waals surface area contributed by atoms with Crippen molar-refractivity contribution >= 4 is 0 Å². The van der Waals surface area contributed by atoms with Crippen LogP contribution < -0.4 is 10.5 Å². The summed E-state index contributed by atoms with van der Waals surface area (Å²) in [6, 6.07) is 5.64. The van der Waals surface area contributed by atoms with Gasteiger partial charge in [-0.15, -0.1) is 0 Å². The summed E-state index contributed by atoms with van der Waals surface area (Å²) in [6.45, 7) is 0. The zero-order valence-electron chi connectivity index (χ0n) is 10.3. The van der Waals surface area contributed by atoms with Gasteiger partial charge in [-0.25, -0.2) is 4.39 Å². The maximum atomic E-state index is 14.0. The lowest BCUT2D eigenvalue weighted by atomic mass is 9.82. The fourth-order valence-corrected chi connectivity index (χ4v) is 2.70. The van der Waals surface area contributed by atoms with Gasteiger partial charge in [0, 0.05) is 6.04 Å². The number of ether oxygens (including phenoxy) is 1. The van der Waals surface area contributed by atoms with Gasteiger partial charge in [-0.1, -0.05) is 25.0 Å². The Hall–Kier alpha value is -1.09. The highest BCUT2D eigenvalue weighted by molar-refractivity contribution is 5.31. The van der Waals surface area contributed by atoms with E-state index in [1.165, 1.54) is 7.11 Å². The van der Waals surface area contributed by atoms with Gasteiger partial charge in [-0.05, 0) is 36.8 Å². The van der Waals surface area contributed by atoms with Crippen molar-refractivity contribution in [1.29, 1.82) is 0 Å². The number of hydrogen-bond donors (Lipinski definition) is 1. The van der Waals surface area contributed by atoms with Crippen LogP contribution in [0.15, 0.2) is 18.2 Å². The van der Waals surface area contributed by atoms with Crippen molar-refractivity contribution in [3.8, 4) is 5.75 Å². The Morgan fingerprint density at radius 1 is 1.41 bits per heavy atom. The van der Waals surface area contributed by atoms with Gasteiger partial charge in [0.15, 0.2) is 11.6 Å². The van der Waals surface area contributed by atoms with E-state index in [1.54, 1.807) is 6.07 Å². The zero-order chi connectivity index (χ0) is 12.3. The van der Waals surface area contributed by atoms with E-state index < -0.39 is 0 Å². The van der Waals surface area contributed by atoms with Gasteiger partial charge in [-0.2, -0.15) is 0 Å². The summed E-state index contributed by atoms with van der Waals surface area (Å²) in [4.78, 5) is 0. The van der Waals surface area contributed by atoms with Crippen LogP contribution in [0.4, 0.5) is 4.39 Å². The van der Waals surface area contributed by atoms with E-state index in [0.717, 1.165) is 37.7 Å². The lowest BCUT2D eigenvalue weighted by Crippen LogP contribution is -2.28. The molecule has 0 aliphatic heterocycles. The molecule has 1 saturated carbocycles. The molecule has 1 aromatic carbocycles. The highest BCUT2D eigenvalue weighted by Crippen LogP contribution is 2.29. The number of rotatable bonds is 3. The molecule has 2 nitrogen and oxygen atoms in total. The molecule has 1 aromatic rings. The molecule has 0 aromatic heterocycles. The average molecular weight is 237 g/mol. The van der Waals surface area contributed by atoms with Crippen LogP contribution in [0.2, 0.25) is 0 Å². The Morgan fingerprint density at radius 2 is 2.24 bits per heavy atom. The van der Waals surface area contributed by atoms with Crippen molar-refractivity contribution in [3.63, 3.8) is 0 Å². The van der Waals surface area contributed by atoms with Gasteiger partial charge < -0.3 is 10.5 Å². The topological polar surface area (TPSA) is 35.2 Å². The minimum atomic E-state index is -0.214. The molecule has 1 aliphatic rings. The molecule has 0 bridgehead atoms. The van der Waals surface area contributed by atoms with Crippen LogP contribution in [-0.4, -0.2) is 13.2 Å². The smallest absolute Gasteiger partial charge is 0.168 e. The van der Waals surface area contributed by atoms with Gasteiger partial charge in [0.05, 0.1) is 7.11 Å². The third kappa shape index (κ3) is 2.97. The molecule has 0 heterocycles. The van der Waals surface area contributed by atoms with Crippen LogP contribution in [-0.2, 0) is 6.42 Å². The molecule has 0 amide bonds. The quantitative estimate of drug-likeness (QED) is 0.877. The summed E-state index contributed by atoms with van der Waals surface area (Å²) in [7, 11) is 1.50. The molecule has 17 heavy (non-hydrogen) atoms. The van der Waals surface area contributed by atoms with Gasteiger partial charge >= 0.3 is 0 Å². The first-order chi connectivity index (χ1) is 8.20. The van der Waals surface area contributed by atoms with E-state index in [2.05, 4.69) is 0 Å². The van der Waals surface area contributed by atoms with Crippen LogP contribution in [0.25, 0.3) is 0 Å². The lowest BCUT2D eigenvalue weighted by Gasteiger charge is -2.26. The van der Waals surface area contributed by atoms with Crippen LogP contribution in [0.1, 0.15) is 31.2 Å². The Kier molecular flexibility index (Phi) is 4.00. The first-order valence-corrected chi connectivity index (χ1v) is 6.27. The van der Waals surface area contributed by atoms with Crippen molar-refractivity contribution < 1.29 is 9.13 Å². The zero-order valence-corrected chi connectivity index (χ0v) is 10.3. The van der Waals surface area contributed by atoms with Gasteiger partial charge in [0.25, 0.3) is 0 Å². The standard InChI is InChI=1S/C14H20FNO/c1-17-13-7-3-5-11(14(13)15)8-10-4-2-6-12(16)9-10/h3,5,7,10,12H,2,4,6,8-9,16H2,1H3. The number of halogens is 1. The van der Waals surface area contributed by atoms with Crippen molar-refractivity contribution in [1.82, 2.24) is 0 Å². The van der Waals surface area contributed by atoms with Crippen molar-refractivity contribution in [3.05, 3.63) is 29.6 Å². The second-order valence-electron chi connectivity index (χ2n) is 4.93. The third-order valence-corrected chi connectivity index (χ3v) is 3.60. The fourth-order valence-electron chi connectivity index (χ4n) is 2.70. The number of hydrogen-bond acceptors (Lipinski definition) is 2. The van der Waals surface area contributed by atoms with E-state index in [4.69, 9.17) is 10.5 Å². The molecule has 2 rings (SSSR count). The molecule has 2 N–H and O–H groups in total. The van der Waals surface area contributed by atoms with Crippen LogP contribution in [0.5, 0.6) is 5.75 Å². The van der Waals surface area contributed by atoms with E-state index in [9.17, 15) is 4.39 Å². The number of nitrogens with two attached hydrogens (primary N) is 1. The minimum absolute atomic E-state index is 0.214. The molecule has 1 fully saturated rings. The average Bonchev–Trinajstić information content (AvgIpc) is 2.32. The Morgan fingerprint density at radius 3 is 2.94 bits per heavy atom. The lowest BCUT2D eigenvalue weighted by molar-refractivity contribution is 0.316. The molecule has 1 aliphatic carbocycles. The molecule has 2 unspecified atom stereocenters. The van der Waals surface area contributed by atoms with Crippen molar-refractivity contribution in [2.45, 2.75) is 38.1 Å². The van der Waals surface area contributed by atoms with E-state index in [1.807, 2.05) is 12.1 Å². The van der Waals surface area contributed by atoms with E-state index in [0.29, 0.717) is 17.7 Å². The monoisotopic (exact) mass is 237 g/mol. The normalized spacial score (nSPS) is 24.6. The highest BCUT2D eigenvalue weighted by atomic mass is 19.1. The second-order valence-corrected chi connectivity index (χ2v) is 4.93. The molecule has 0 radical (unpaired) electrons. The SMILES string of the molecule is COc1cccc(CC2CCCC(N)C2)c1F. The summed E-state index contributed by atoms with van der Waals surface area (Å²) in [6.07, 6.45) is 5.21. The van der Waals surface area contributed by atoms with Gasteiger partial charge in [-0.3, -0.25) is 0 Å². The summed E-state index contributed by atoms with van der Waals surface area (Å²) in [5.41, 5.74) is 6.71. The van der Waals surface area contributed by atoms with Gasteiger partial charge in [0.1, 0.15) is 0 Å². The maximum absolute atomic E-state index is 14.0. The molecular formula is C14H20FNO. The number of benzene rings is 1. The molecular weight excluding hydrogens is 217 g/mol. The molecule has 0 saturated heterocycles. The van der Waals surface area contributed by atoms with E-state index >= 15 is 0 Å². The maximum Gasteiger partial charge on any atom is 0.168 e. The molecule has 0 spiro atoms. The molecule has 94 valence electrons. The van der Waals surface area contributed by atoms with Crippen LogP contribution >= 0.6 is 0 Å².